The van der Waals surface area contributed by atoms with E-state index >= 15 is 0 Å². The molecule has 6 aliphatic heterocycles. The van der Waals surface area contributed by atoms with E-state index in [1.54, 1.807) is 70.6 Å². The average Bonchev–Trinajstić information content (AvgIpc) is 3.06. The van der Waals surface area contributed by atoms with Crippen LogP contribution in [0.5, 0.6) is 0 Å². The molecule has 6 aliphatic rings. The van der Waals surface area contributed by atoms with Crippen molar-refractivity contribution < 1.29 is 349 Å². The van der Waals surface area contributed by atoms with Gasteiger partial charge in [0.25, 0.3) is 0 Å². The zero-order chi connectivity index (χ0) is 39.4. The van der Waals surface area contributed by atoms with Gasteiger partial charge in [0, 0.05) is 0 Å². The molecule has 352 valence electrons. The van der Waals surface area contributed by atoms with Gasteiger partial charge < -0.3 is 91.1 Å². The molecule has 0 radical (unpaired) electrons. The summed E-state index contributed by atoms with van der Waals surface area (Å²) in [4.78, 5) is -0.405. The van der Waals surface area contributed by atoms with Gasteiger partial charge in [0.2, 0.25) is 0 Å². The van der Waals surface area contributed by atoms with E-state index in [1.165, 1.54) is 32.1 Å². The van der Waals surface area contributed by atoms with Crippen LogP contribution in [0.2, 0.25) is 0 Å². The fraction of sp³-hybridized carbons (Fsp3) is 0.875. The van der Waals surface area contributed by atoms with Crippen LogP contribution in [-0.4, -0.2) is 123 Å². The van der Waals surface area contributed by atoms with Gasteiger partial charge in [-0.1, -0.05) is 61.3 Å². The Morgan fingerprint density at radius 2 is 1.02 bits per heavy atom. The molecule has 0 amide bonds. The van der Waals surface area contributed by atoms with Crippen LogP contribution < -0.4 is 291 Å². The molecular weight excluding hydrogens is 1280 g/mol. The summed E-state index contributed by atoms with van der Waals surface area (Å²) in [6.45, 7) is 24.5. The van der Waals surface area contributed by atoms with Crippen LogP contribution in [0.4, 0.5) is 0 Å². The Morgan fingerprint density at radius 3 is 1.34 bits per heavy atom. The summed E-state index contributed by atoms with van der Waals surface area (Å²) < 4.78 is 0. The van der Waals surface area contributed by atoms with Crippen LogP contribution >= 0.6 is 70.6 Å². The van der Waals surface area contributed by atoms with Crippen molar-refractivity contribution in [3.05, 3.63) is 33.1 Å². The fourth-order valence-electron chi connectivity index (χ4n) is 5.83. The van der Waals surface area contributed by atoms with Gasteiger partial charge in [-0.3, -0.25) is 0 Å². The molecule has 6 saturated heterocycles. The van der Waals surface area contributed by atoms with Crippen LogP contribution in [0.3, 0.4) is 0 Å². The second-order valence-electron chi connectivity index (χ2n) is 15.2. The smallest absolute Gasteiger partial charge is 0.870 e. The van der Waals surface area contributed by atoms with E-state index in [-0.39, 0.29) is 351 Å². The molecule has 6 heterocycles. The molecule has 11 N–H and O–H groups in total. The van der Waals surface area contributed by atoms with Crippen LogP contribution in [0, 0.1) is 68.6 Å². The van der Waals surface area contributed by atoms with Gasteiger partial charge in [-0.15, -0.1) is 39.8 Å². The van der Waals surface area contributed by atoms with Gasteiger partial charge in [-0.2, -0.15) is 64.8 Å². The quantitative estimate of drug-likeness (QED) is 0.123. The number of hydrogen-bond acceptors (Lipinski definition) is 17. The topological polar surface area (TPSA) is 271 Å². The summed E-state index contributed by atoms with van der Waals surface area (Å²) in [5.41, 5.74) is -0.692. The molecule has 0 spiro atoms. The van der Waals surface area contributed by atoms with Gasteiger partial charge in [0.1, 0.15) is 4.93 Å². The maximum absolute atomic E-state index is 9.46. The summed E-state index contributed by atoms with van der Waals surface area (Å²) in [5, 5.41) is 56.6. The fourth-order valence-corrected chi connectivity index (χ4v) is 12.6. The predicted octanol–water partition coefficient (Wildman–Crippen LogP) is -6.43. The number of thioether (sulfide) groups is 6. The predicted molar refractivity (Wildman–Crippen MR) is 248 cm³/mol. The van der Waals surface area contributed by atoms with Crippen molar-refractivity contribution in [3.8, 4) is 0 Å². The van der Waals surface area contributed by atoms with Gasteiger partial charge in [-0.25, -0.2) is 5.25 Å². The first-order chi connectivity index (χ1) is 24.3. The van der Waals surface area contributed by atoms with Gasteiger partial charge in [0.15, 0.2) is 0 Å². The van der Waals surface area contributed by atoms with Crippen molar-refractivity contribution >= 4 is 70.6 Å². The third-order valence-corrected chi connectivity index (χ3v) is 17.6. The molecule has 62 heavy (non-hydrogen) atoms. The van der Waals surface area contributed by atoms with E-state index in [0.717, 1.165) is 42.9 Å². The molecule has 0 aromatic carbocycles. The van der Waals surface area contributed by atoms with E-state index in [4.69, 9.17) is 10.2 Å². The zero-order valence-corrected chi connectivity index (χ0v) is 70.1. The SMILES string of the molecule is CC1(O)CCCCS1.CC1[CH-]C(C)C(C)C(O)S1.CC1[CH-]CSC(O)C1C.OC1CCCCS1.[CH2-]C1CCCC(O)S1.[CH2-]C1[CH-]C(C)C(C)C(O)S1.[OH-].[OH-].[OH-].[OH-].[OH-].[Rb+].[Rb+].[Rb+].[Rb+].[Rb+]. The molecule has 0 saturated carbocycles. The Morgan fingerprint density at radius 1 is 0.532 bits per heavy atom. The summed E-state index contributed by atoms with van der Waals surface area (Å²) in [5.74, 6) is 6.17. The van der Waals surface area contributed by atoms with Crippen molar-refractivity contribution in [3.63, 3.8) is 0 Å². The largest absolute Gasteiger partial charge is 1.00 e. The molecule has 22 heteroatoms. The molecule has 11 nitrogen and oxygen atoms in total. The van der Waals surface area contributed by atoms with Crippen LogP contribution in [0.1, 0.15) is 113 Å². The second-order valence-corrected chi connectivity index (χ2v) is 23.6. The van der Waals surface area contributed by atoms with E-state index in [1.807, 2.05) is 6.92 Å². The number of aliphatic hydroxyl groups excluding tert-OH is 5. The van der Waals surface area contributed by atoms with E-state index in [0.29, 0.717) is 46.0 Å². The van der Waals surface area contributed by atoms with E-state index in [2.05, 4.69) is 81.6 Å². The van der Waals surface area contributed by atoms with E-state index in [9.17, 15) is 20.4 Å². The molecule has 15 unspecified atom stereocenters. The molecule has 6 fully saturated rings. The maximum Gasteiger partial charge on any atom is 1.00 e. The molecule has 0 aliphatic carbocycles. The summed E-state index contributed by atoms with van der Waals surface area (Å²) >= 11 is 9.76. The van der Waals surface area contributed by atoms with Crippen LogP contribution in [0.25, 0.3) is 0 Å². The Hall–Kier alpha value is 10.7. The number of aliphatic hydroxyl groups is 6. The Balaban J connectivity index is -0.0000000636. The van der Waals surface area contributed by atoms with Crippen LogP contribution in [-0.2, 0) is 0 Å². The third kappa shape index (κ3) is 47.9. The number of rotatable bonds is 0. The molecule has 15 atom stereocenters. The standard InChI is InChI=1S/C8H15OS.C8H14OS.C7H13OS.C6H12OS.C6H11OS.C5H10OS.5H2O.5Rb/c2*1-5-4-6(2)10-8(9)7(5)3;1-5-3-4-9-7(8)6(5)2;1-6(7)4-2-3-5-8-6;1-5-3-2-4-6(7)8-5;6-5-3-1-2-4-7-5;;;;;;;;;;/h4-9H,1-3H3;4-9H,2H2,1,3H3;3,5-8H,4H2,1-2H3;7H,2-5H2,1H3;5-7H,1-4H2;5-6H,1-4H2;5*1H2;;;;;/q-1;-2;-1;;-1;;;;;;;5*+1/p-5. The normalized spacial score (nSPS) is 36.4. The van der Waals surface area contributed by atoms with Crippen molar-refractivity contribution in [1.29, 1.82) is 0 Å². The molecule has 0 aromatic heterocycles. The van der Waals surface area contributed by atoms with Crippen molar-refractivity contribution in [2.75, 3.05) is 17.3 Å². The van der Waals surface area contributed by atoms with Gasteiger partial charge >= 0.3 is 291 Å². The minimum atomic E-state index is -0.405. The van der Waals surface area contributed by atoms with Gasteiger partial charge in [0.05, 0.1) is 27.2 Å². The summed E-state index contributed by atoms with van der Waals surface area (Å²) in [6, 6.07) is 0. The van der Waals surface area contributed by atoms with Gasteiger partial charge in [-0.05, 0) is 81.1 Å². The zero-order valence-electron chi connectivity index (χ0n) is 40.6. The molecule has 0 aromatic rings. The molecule has 6 rings (SSSR count). The first-order valence-electron chi connectivity index (χ1n) is 19.5. The molecular formula is C40H80O11Rb5S6-5. The van der Waals surface area contributed by atoms with Crippen molar-refractivity contribution in [2.24, 2.45) is 35.5 Å². The van der Waals surface area contributed by atoms with Crippen molar-refractivity contribution in [2.45, 2.75) is 161 Å². The van der Waals surface area contributed by atoms with Crippen molar-refractivity contribution in [1.82, 2.24) is 0 Å². The second kappa shape index (κ2) is 56.4. The third-order valence-electron chi connectivity index (χ3n) is 10.3. The Kier molecular flexibility index (Phi) is 86.5. The minimum Gasteiger partial charge on any atom is -0.870 e. The number of hydrogen-bond donors (Lipinski definition) is 6. The minimum absolute atomic E-state index is 0. The average molecular weight is 1360 g/mol. The van der Waals surface area contributed by atoms with E-state index < -0.39 is 4.93 Å². The van der Waals surface area contributed by atoms with Crippen LogP contribution in [0.15, 0.2) is 0 Å². The Labute approximate surface area is 649 Å². The Bertz CT molecular complexity index is 846. The maximum atomic E-state index is 9.46. The summed E-state index contributed by atoms with van der Waals surface area (Å²) in [6.07, 6.45) is 17.0. The first-order valence-corrected chi connectivity index (χ1v) is 25.4. The first kappa shape index (κ1) is 95.1. The monoisotopic (exact) mass is 1350 g/mol. The molecule has 0 bridgehead atoms. The summed E-state index contributed by atoms with van der Waals surface area (Å²) in [7, 11) is 0.